The highest BCUT2D eigenvalue weighted by atomic mass is 16.5. The number of hydrogen-bond acceptors (Lipinski definition) is 6. The standard InChI is InChI=1S/C30H44N4O4/c1-2-3-7-20(8-6-15-31)22-17-33(18-22)25-9-4-5-10-27(25)38-23-11-12-24-21(16-23)19-34(30(24)37)26-13-14-28(35)32-29(26)36/h11-12,16,20,22,25-27H,2-10,13-15,17-19,31H2,1H3,(H,32,35,36). The number of fused-ring (bicyclic) bond motifs is 1. The summed E-state index contributed by atoms with van der Waals surface area (Å²) in [6.45, 7) is 5.78. The minimum Gasteiger partial charge on any atom is -0.489 e. The zero-order valence-electron chi connectivity index (χ0n) is 22.8. The second-order valence-corrected chi connectivity index (χ2v) is 11.8. The third-order valence-electron chi connectivity index (χ3n) is 9.23. The normalized spacial score (nSPS) is 27.2. The van der Waals surface area contributed by atoms with Crippen molar-refractivity contribution in [2.75, 3.05) is 19.6 Å². The van der Waals surface area contributed by atoms with Crippen molar-refractivity contribution in [1.29, 1.82) is 0 Å². The van der Waals surface area contributed by atoms with Crippen LogP contribution in [0.2, 0.25) is 0 Å². The van der Waals surface area contributed by atoms with Gasteiger partial charge in [0.1, 0.15) is 17.9 Å². The third-order valence-corrected chi connectivity index (χ3v) is 9.23. The quantitative estimate of drug-likeness (QED) is 0.429. The summed E-state index contributed by atoms with van der Waals surface area (Å²) in [7, 11) is 0. The van der Waals surface area contributed by atoms with Crippen LogP contribution in [0.25, 0.3) is 0 Å². The van der Waals surface area contributed by atoms with Crippen LogP contribution < -0.4 is 15.8 Å². The van der Waals surface area contributed by atoms with Crippen molar-refractivity contribution in [3.05, 3.63) is 29.3 Å². The smallest absolute Gasteiger partial charge is 0.255 e. The Morgan fingerprint density at radius 2 is 1.87 bits per heavy atom. The third kappa shape index (κ3) is 5.76. The zero-order chi connectivity index (χ0) is 26.6. The monoisotopic (exact) mass is 524 g/mol. The number of rotatable bonds is 11. The molecule has 5 rings (SSSR count). The fraction of sp³-hybridized carbons (Fsp3) is 0.700. The molecular formula is C30H44N4O4. The first-order valence-corrected chi connectivity index (χ1v) is 14.9. The zero-order valence-corrected chi connectivity index (χ0v) is 22.8. The maximum atomic E-state index is 13.0. The Hall–Kier alpha value is -2.45. The fourth-order valence-corrected chi connectivity index (χ4v) is 7.01. The van der Waals surface area contributed by atoms with Gasteiger partial charge in [-0.3, -0.25) is 24.6 Å². The molecule has 0 spiro atoms. The van der Waals surface area contributed by atoms with E-state index in [0.717, 1.165) is 42.5 Å². The number of nitrogens with zero attached hydrogens (tertiary/aromatic N) is 2. The van der Waals surface area contributed by atoms with Gasteiger partial charge in [0, 0.05) is 37.7 Å². The maximum absolute atomic E-state index is 13.0. The number of hydrogen-bond donors (Lipinski definition) is 2. The summed E-state index contributed by atoms with van der Waals surface area (Å²) >= 11 is 0. The lowest BCUT2D eigenvalue weighted by molar-refractivity contribution is -0.136. The van der Waals surface area contributed by atoms with E-state index in [4.69, 9.17) is 10.5 Å². The van der Waals surface area contributed by atoms with Gasteiger partial charge in [0.05, 0.1) is 0 Å². The predicted octanol–water partition coefficient (Wildman–Crippen LogP) is 3.61. The number of carbonyl (C=O) groups is 3. The molecule has 3 heterocycles. The van der Waals surface area contributed by atoms with Gasteiger partial charge >= 0.3 is 0 Å². The Labute approximate surface area is 226 Å². The van der Waals surface area contributed by atoms with E-state index >= 15 is 0 Å². The van der Waals surface area contributed by atoms with E-state index in [1.807, 2.05) is 18.2 Å². The van der Waals surface area contributed by atoms with Crippen molar-refractivity contribution in [3.63, 3.8) is 0 Å². The number of benzene rings is 1. The number of amides is 3. The number of nitrogens with two attached hydrogens (primary N) is 1. The molecule has 3 aliphatic heterocycles. The molecule has 208 valence electrons. The number of piperidine rings is 1. The van der Waals surface area contributed by atoms with E-state index in [1.54, 1.807) is 4.90 Å². The average molecular weight is 525 g/mol. The van der Waals surface area contributed by atoms with E-state index in [1.165, 1.54) is 58.0 Å². The van der Waals surface area contributed by atoms with Crippen molar-refractivity contribution in [2.45, 2.75) is 102 Å². The van der Waals surface area contributed by atoms with E-state index in [0.29, 0.717) is 24.6 Å². The Morgan fingerprint density at radius 3 is 2.63 bits per heavy atom. The van der Waals surface area contributed by atoms with Gasteiger partial charge in [-0.05, 0) is 80.7 Å². The van der Waals surface area contributed by atoms with Crippen molar-refractivity contribution < 1.29 is 19.1 Å². The summed E-state index contributed by atoms with van der Waals surface area (Å²) in [6.07, 6.45) is 11.7. The molecule has 3 fully saturated rings. The molecule has 3 amide bonds. The molecule has 3 N–H and O–H groups in total. The van der Waals surface area contributed by atoms with Crippen LogP contribution in [0.3, 0.4) is 0 Å². The molecule has 0 radical (unpaired) electrons. The molecule has 1 aromatic carbocycles. The highest BCUT2D eigenvalue weighted by molar-refractivity contribution is 6.05. The number of nitrogens with one attached hydrogen (secondary N) is 1. The number of ether oxygens (including phenoxy) is 1. The Balaban J connectivity index is 1.20. The molecule has 2 saturated heterocycles. The molecule has 0 bridgehead atoms. The van der Waals surface area contributed by atoms with Crippen LogP contribution >= 0.6 is 0 Å². The molecule has 4 atom stereocenters. The predicted molar refractivity (Wildman–Crippen MR) is 146 cm³/mol. The molecule has 1 aliphatic carbocycles. The average Bonchev–Trinajstić information content (AvgIpc) is 3.20. The van der Waals surface area contributed by atoms with Gasteiger partial charge in [-0.1, -0.05) is 32.6 Å². The van der Waals surface area contributed by atoms with E-state index in [2.05, 4.69) is 17.1 Å². The maximum Gasteiger partial charge on any atom is 0.255 e. The number of unbranched alkanes of at least 4 members (excludes halogenated alkanes) is 1. The molecule has 1 saturated carbocycles. The molecule has 38 heavy (non-hydrogen) atoms. The summed E-state index contributed by atoms with van der Waals surface area (Å²) in [5.41, 5.74) is 7.34. The van der Waals surface area contributed by atoms with Gasteiger partial charge in [-0.25, -0.2) is 0 Å². The Morgan fingerprint density at radius 1 is 1.08 bits per heavy atom. The first-order chi connectivity index (χ1) is 18.5. The van der Waals surface area contributed by atoms with Crippen LogP contribution in [0.1, 0.15) is 93.5 Å². The summed E-state index contributed by atoms with van der Waals surface area (Å²) < 4.78 is 6.61. The van der Waals surface area contributed by atoms with Gasteiger partial charge in [-0.2, -0.15) is 0 Å². The van der Waals surface area contributed by atoms with Crippen LogP contribution in [-0.4, -0.2) is 65.3 Å². The minimum atomic E-state index is -0.593. The van der Waals surface area contributed by atoms with Crippen LogP contribution in [0.5, 0.6) is 5.75 Å². The topological polar surface area (TPSA) is 105 Å². The number of likely N-dealkylation sites (tertiary alicyclic amines) is 1. The van der Waals surface area contributed by atoms with Crippen LogP contribution in [0.4, 0.5) is 0 Å². The van der Waals surface area contributed by atoms with Crippen LogP contribution in [0.15, 0.2) is 18.2 Å². The van der Waals surface area contributed by atoms with Crippen molar-refractivity contribution >= 4 is 17.7 Å². The molecule has 1 aromatic rings. The highest BCUT2D eigenvalue weighted by Gasteiger charge is 2.42. The molecular weight excluding hydrogens is 480 g/mol. The first-order valence-electron chi connectivity index (χ1n) is 14.9. The second-order valence-electron chi connectivity index (χ2n) is 11.8. The van der Waals surface area contributed by atoms with Gasteiger partial charge in [0.15, 0.2) is 0 Å². The molecule has 8 nitrogen and oxygen atoms in total. The lowest BCUT2D eigenvalue weighted by atomic mass is 9.77. The lowest BCUT2D eigenvalue weighted by Crippen LogP contribution is -2.59. The van der Waals surface area contributed by atoms with Gasteiger partial charge in [0.2, 0.25) is 11.8 Å². The van der Waals surface area contributed by atoms with E-state index in [9.17, 15) is 14.4 Å². The summed E-state index contributed by atoms with van der Waals surface area (Å²) in [5.74, 6) is 1.58. The van der Waals surface area contributed by atoms with Crippen molar-refractivity contribution in [1.82, 2.24) is 15.1 Å². The second kappa shape index (κ2) is 12.2. The minimum absolute atomic E-state index is 0.143. The van der Waals surface area contributed by atoms with Gasteiger partial charge in [0.25, 0.3) is 5.91 Å². The fourth-order valence-electron chi connectivity index (χ4n) is 7.01. The Bertz CT molecular complexity index is 1020. The Kier molecular flexibility index (Phi) is 8.68. The van der Waals surface area contributed by atoms with Crippen molar-refractivity contribution in [2.24, 2.45) is 17.6 Å². The van der Waals surface area contributed by atoms with Crippen LogP contribution in [0, 0.1) is 11.8 Å². The summed E-state index contributed by atoms with van der Waals surface area (Å²) in [5, 5.41) is 2.37. The van der Waals surface area contributed by atoms with Gasteiger partial charge < -0.3 is 15.4 Å². The van der Waals surface area contributed by atoms with Gasteiger partial charge in [-0.15, -0.1) is 0 Å². The number of carbonyl (C=O) groups excluding carboxylic acids is 3. The summed E-state index contributed by atoms with van der Waals surface area (Å²) in [4.78, 5) is 41.2. The molecule has 8 heteroatoms. The summed E-state index contributed by atoms with van der Waals surface area (Å²) in [6, 6.07) is 5.58. The lowest BCUT2D eigenvalue weighted by Gasteiger charge is -2.50. The van der Waals surface area contributed by atoms with Crippen LogP contribution in [-0.2, 0) is 16.1 Å². The highest BCUT2D eigenvalue weighted by Crippen LogP contribution is 2.37. The van der Waals surface area contributed by atoms with E-state index in [-0.39, 0.29) is 30.2 Å². The first kappa shape index (κ1) is 27.1. The SMILES string of the molecule is CCCCC(CCCN)C1CN(C2CCCCC2Oc2ccc3c(c2)CN(C2CCC(=O)NC2=O)C3=O)C1. The largest absolute Gasteiger partial charge is 0.489 e. The molecule has 0 aromatic heterocycles. The van der Waals surface area contributed by atoms with E-state index < -0.39 is 6.04 Å². The molecule has 4 aliphatic rings. The number of imide groups is 1. The van der Waals surface area contributed by atoms with Crippen molar-refractivity contribution in [3.8, 4) is 5.75 Å². The molecule has 4 unspecified atom stereocenters.